The zero-order valence-electron chi connectivity index (χ0n) is 16.1. The maximum absolute atomic E-state index is 5.21. The van der Waals surface area contributed by atoms with Crippen LogP contribution in [0.25, 0.3) is 12.8 Å². The van der Waals surface area contributed by atoms with Crippen LogP contribution in [0.4, 0.5) is 0 Å². The van der Waals surface area contributed by atoms with Gasteiger partial charge in [-0.25, -0.2) is 8.61 Å². The zero-order valence-corrected chi connectivity index (χ0v) is 16.9. The summed E-state index contributed by atoms with van der Waals surface area (Å²) in [5.41, 5.74) is 1.05. The van der Waals surface area contributed by atoms with Gasteiger partial charge < -0.3 is 4.57 Å². The molecule has 0 atom stereocenters. The van der Waals surface area contributed by atoms with Crippen molar-refractivity contribution < 1.29 is 0 Å². The van der Waals surface area contributed by atoms with Crippen molar-refractivity contribution in [3.8, 4) is 0 Å². The molecule has 142 valence electrons. The van der Waals surface area contributed by atoms with E-state index in [0.717, 1.165) is 42.0 Å². The Morgan fingerprint density at radius 3 is 2.46 bits per heavy atom. The van der Waals surface area contributed by atoms with E-state index in [4.69, 9.17) is 4.99 Å². The highest BCUT2D eigenvalue weighted by Gasteiger charge is 2.21. The maximum Gasteiger partial charge on any atom is 0.137 e. The first kappa shape index (κ1) is 19.4. The van der Waals surface area contributed by atoms with Crippen molar-refractivity contribution in [2.24, 2.45) is 9.98 Å². The molecule has 6 heteroatoms. The molecule has 0 aromatic carbocycles. The van der Waals surface area contributed by atoms with Crippen LogP contribution in [0.1, 0.15) is 44.6 Å². The molecule has 2 fully saturated rings. The monoisotopic (exact) mass is 373 g/mol. The third-order valence-corrected chi connectivity index (χ3v) is 6.10. The Hall–Kier alpha value is -1.37. The van der Waals surface area contributed by atoms with Gasteiger partial charge in [0.1, 0.15) is 5.49 Å². The van der Waals surface area contributed by atoms with Crippen molar-refractivity contribution in [3.63, 3.8) is 0 Å². The van der Waals surface area contributed by atoms with Crippen LogP contribution < -0.4 is 16.1 Å². The Kier molecular flexibility index (Phi) is 6.73. The highest BCUT2D eigenvalue weighted by molar-refractivity contribution is 7.94. The van der Waals surface area contributed by atoms with Crippen molar-refractivity contribution in [1.29, 1.82) is 0 Å². The molecule has 1 saturated heterocycles. The lowest BCUT2D eigenvalue weighted by Gasteiger charge is -2.30. The molecule has 0 spiro atoms. The first-order chi connectivity index (χ1) is 12.6. The minimum Gasteiger partial charge on any atom is -0.324 e. The van der Waals surface area contributed by atoms with Crippen LogP contribution in [-0.4, -0.2) is 53.1 Å². The van der Waals surface area contributed by atoms with Gasteiger partial charge in [0.2, 0.25) is 0 Å². The van der Waals surface area contributed by atoms with Gasteiger partial charge in [0.15, 0.2) is 0 Å². The van der Waals surface area contributed by atoms with E-state index in [0.29, 0.717) is 12.1 Å². The lowest BCUT2D eigenvalue weighted by Crippen LogP contribution is -2.46. The van der Waals surface area contributed by atoms with Crippen LogP contribution in [0.2, 0.25) is 0 Å². The lowest BCUT2D eigenvalue weighted by molar-refractivity contribution is 0.333. The summed E-state index contributed by atoms with van der Waals surface area (Å²) in [5.74, 6) is 0. The predicted molar refractivity (Wildman–Crippen MR) is 112 cm³/mol. The summed E-state index contributed by atoms with van der Waals surface area (Å²) in [6, 6.07) is 5.05. The van der Waals surface area contributed by atoms with E-state index in [9.17, 15) is 0 Å². The predicted octanol–water partition coefficient (Wildman–Crippen LogP) is 1.94. The Balaban J connectivity index is 1.94. The summed E-state index contributed by atoms with van der Waals surface area (Å²) < 4.78 is 6.94. The zero-order chi connectivity index (χ0) is 18.5. The summed E-state index contributed by atoms with van der Waals surface area (Å²) in [6.07, 6.45) is 9.05. The molecule has 1 aromatic heterocycles. The van der Waals surface area contributed by atoms with Gasteiger partial charge in [0.25, 0.3) is 0 Å². The number of piperidine rings is 1. The number of nitrogens with zero attached hydrogens (tertiary/aromatic N) is 5. The highest BCUT2D eigenvalue weighted by Crippen LogP contribution is 2.27. The van der Waals surface area contributed by atoms with Gasteiger partial charge in [-0.2, -0.15) is 0 Å². The molecule has 3 rings (SSSR count). The van der Waals surface area contributed by atoms with Crippen molar-refractivity contribution >= 4 is 31.6 Å². The highest BCUT2D eigenvalue weighted by atomic mass is 32.2. The van der Waals surface area contributed by atoms with Crippen molar-refractivity contribution in [2.45, 2.75) is 50.6 Å². The standard InChI is InChI=1S/C20H31N5S/c1-16-9-10-17(15-21-2)20(25(16)19-7-5-6-8-19)22-18-11-13-24(14-12-18)26-23(3)4/h9-10,15,18-19H,1-2,5-8,11-14H2,3-4H3/b17-15-,22-20+. The quantitative estimate of drug-likeness (QED) is 0.585. The molecule has 0 unspecified atom stereocenters. The fraction of sp³-hybridized carbons (Fsp3) is 0.600. The lowest BCUT2D eigenvalue weighted by atomic mass is 10.1. The van der Waals surface area contributed by atoms with Crippen LogP contribution in [0.5, 0.6) is 0 Å². The topological polar surface area (TPSA) is 36.1 Å². The Bertz CT molecular complexity index is 783. The summed E-state index contributed by atoms with van der Waals surface area (Å²) in [6.45, 7) is 10.1. The fourth-order valence-electron chi connectivity index (χ4n) is 3.98. The van der Waals surface area contributed by atoms with E-state index in [1.54, 1.807) is 12.1 Å². The third-order valence-electron chi connectivity index (χ3n) is 5.18. The number of rotatable bonds is 5. The molecule has 1 aromatic rings. The average molecular weight is 374 g/mol. The second kappa shape index (κ2) is 9.02. The molecule has 2 heterocycles. The molecule has 0 radical (unpaired) electrons. The molecule has 0 N–H and O–H groups in total. The number of pyridine rings is 1. The summed E-state index contributed by atoms with van der Waals surface area (Å²) >= 11 is 1.80. The minimum absolute atomic E-state index is 0.362. The van der Waals surface area contributed by atoms with Crippen molar-refractivity contribution in [2.75, 3.05) is 27.2 Å². The second-order valence-corrected chi connectivity index (χ2v) is 8.82. The molecule has 0 amide bonds. The molecule has 0 bridgehead atoms. The van der Waals surface area contributed by atoms with Gasteiger partial charge in [-0.15, -0.1) is 0 Å². The molecule has 2 aliphatic rings. The SMILES string of the molecule is C=N/C=c1/ccc(=C)n(C2CCCC2)/c1=N/C1CCN(SN(C)C)CC1. The average Bonchev–Trinajstić information content (AvgIpc) is 3.13. The van der Waals surface area contributed by atoms with Gasteiger partial charge in [0.05, 0.1) is 6.04 Å². The smallest absolute Gasteiger partial charge is 0.137 e. The van der Waals surface area contributed by atoms with Crippen LogP contribution in [-0.2, 0) is 0 Å². The van der Waals surface area contributed by atoms with E-state index in [1.165, 1.54) is 25.7 Å². The minimum atomic E-state index is 0.362. The normalized spacial score (nSPS) is 21.8. The summed E-state index contributed by atoms with van der Waals surface area (Å²) in [5, 5.41) is 2.11. The number of aliphatic imine (C=N–C) groups is 1. The number of hydrogen-bond acceptors (Lipinski definition) is 5. The van der Waals surface area contributed by atoms with Crippen molar-refractivity contribution in [3.05, 3.63) is 28.2 Å². The van der Waals surface area contributed by atoms with Gasteiger partial charge in [-0.3, -0.25) is 9.98 Å². The van der Waals surface area contributed by atoms with Gasteiger partial charge in [-0.05, 0) is 58.6 Å². The summed E-state index contributed by atoms with van der Waals surface area (Å²) in [7, 11) is 4.19. The Morgan fingerprint density at radius 2 is 1.85 bits per heavy atom. The largest absolute Gasteiger partial charge is 0.324 e. The number of hydrogen-bond donors (Lipinski definition) is 0. The van der Waals surface area contributed by atoms with Crippen LogP contribution in [0.15, 0.2) is 22.1 Å². The Labute approximate surface area is 161 Å². The van der Waals surface area contributed by atoms with Gasteiger partial charge in [0, 0.05) is 48.0 Å². The van der Waals surface area contributed by atoms with E-state index < -0.39 is 0 Å². The molecule has 26 heavy (non-hydrogen) atoms. The van der Waals surface area contributed by atoms with E-state index in [2.05, 4.69) is 57.7 Å². The maximum atomic E-state index is 5.21. The first-order valence-electron chi connectivity index (χ1n) is 9.59. The molecule has 1 aliphatic heterocycles. The van der Waals surface area contributed by atoms with Crippen LogP contribution >= 0.6 is 12.1 Å². The molecule has 1 aliphatic carbocycles. The van der Waals surface area contributed by atoms with E-state index in [1.807, 2.05) is 6.20 Å². The molecular weight excluding hydrogens is 342 g/mol. The second-order valence-electron chi connectivity index (χ2n) is 7.41. The molecular formula is C20H31N5S. The van der Waals surface area contributed by atoms with Gasteiger partial charge in [-0.1, -0.05) is 19.4 Å². The number of aromatic nitrogens is 1. The Morgan fingerprint density at radius 1 is 1.15 bits per heavy atom. The van der Waals surface area contributed by atoms with E-state index in [-0.39, 0.29) is 0 Å². The van der Waals surface area contributed by atoms with E-state index >= 15 is 0 Å². The van der Waals surface area contributed by atoms with Crippen molar-refractivity contribution in [1.82, 2.24) is 13.2 Å². The van der Waals surface area contributed by atoms with Gasteiger partial charge >= 0.3 is 0 Å². The third kappa shape index (κ3) is 4.67. The fourth-order valence-corrected chi connectivity index (χ4v) is 4.81. The van der Waals surface area contributed by atoms with Crippen LogP contribution in [0, 0.1) is 0 Å². The molecule has 5 nitrogen and oxygen atoms in total. The van der Waals surface area contributed by atoms with Crippen LogP contribution in [0.3, 0.4) is 0 Å². The molecule has 1 saturated carbocycles. The summed E-state index contributed by atoms with van der Waals surface area (Å²) in [4.78, 5) is 9.23. The first-order valence-corrected chi connectivity index (χ1v) is 10.3.